The van der Waals surface area contributed by atoms with Crippen LogP contribution in [-0.4, -0.2) is 37.5 Å². The first kappa shape index (κ1) is 18.3. The monoisotopic (exact) mass is 336 g/mol. The van der Waals surface area contributed by atoms with Gasteiger partial charge in [0.1, 0.15) is 0 Å². The van der Waals surface area contributed by atoms with E-state index in [1.54, 1.807) is 0 Å². The predicted octanol–water partition coefficient (Wildman–Crippen LogP) is 3.30. The minimum absolute atomic E-state index is 0. The van der Waals surface area contributed by atoms with Crippen molar-refractivity contribution in [1.29, 1.82) is 0 Å². The second kappa shape index (κ2) is 7.67. The quantitative estimate of drug-likeness (QED) is 0.915. The van der Waals surface area contributed by atoms with Gasteiger partial charge in [-0.1, -0.05) is 42.7 Å². The van der Waals surface area contributed by atoms with E-state index in [9.17, 15) is 4.79 Å². The van der Waals surface area contributed by atoms with Crippen LogP contribution in [0.4, 0.5) is 0 Å². The van der Waals surface area contributed by atoms with Gasteiger partial charge in [-0.05, 0) is 51.3 Å². The van der Waals surface area contributed by atoms with E-state index in [1.807, 2.05) is 7.05 Å². The van der Waals surface area contributed by atoms with Crippen LogP contribution in [0.5, 0.6) is 0 Å². The third-order valence-electron chi connectivity index (χ3n) is 5.50. The Hall–Kier alpha value is -1.06. The number of rotatable bonds is 4. The maximum absolute atomic E-state index is 13.3. The molecule has 0 bridgehead atoms. The number of nitrogens with one attached hydrogen (secondary N) is 1. The van der Waals surface area contributed by atoms with Gasteiger partial charge in [0.2, 0.25) is 5.91 Å². The van der Waals surface area contributed by atoms with Crippen LogP contribution in [0, 0.1) is 12.8 Å². The number of nitrogens with zero attached hydrogens (tertiary/aromatic N) is 1. The molecule has 1 atom stereocenters. The number of likely N-dealkylation sites (tertiary alicyclic amines) is 1. The summed E-state index contributed by atoms with van der Waals surface area (Å²) in [5, 5.41) is 3.25. The Bertz CT molecular complexity index is 540. The van der Waals surface area contributed by atoms with Gasteiger partial charge in [-0.15, -0.1) is 12.4 Å². The van der Waals surface area contributed by atoms with Gasteiger partial charge < -0.3 is 10.2 Å². The zero-order chi connectivity index (χ0) is 15.6. The van der Waals surface area contributed by atoms with Crippen molar-refractivity contribution in [1.82, 2.24) is 10.2 Å². The van der Waals surface area contributed by atoms with Gasteiger partial charge in [0, 0.05) is 13.1 Å². The van der Waals surface area contributed by atoms with Crippen molar-refractivity contribution in [3.63, 3.8) is 0 Å². The number of halogens is 1. The first-order valence-corrected chi connectivity index (χ1v) is 8.67. The Labute approximate surface area is 146 Å². The highest BCUT2D eigenvalue weighted by Crippen LogP contribution is 2.43. The number of carbonyl (C=O) groups excluding carboxylic acids is 1. The third kappa shape index (κ3) is 3.56. The van der Waals surface area contributed by atoms with E-state index < -0.39 is 0 Å². The second-order valence-electron chi connectivity index (χ2n) is 7.12. The average molecular weight is 337 g/mol. The highest BCUT2D eigenvalue weighted by molar-refractivity contribution is 5.89. The molecule has 1 aliphatic carbocycles. The van der Waals surface area contributed by atoms with Crippen molar-refractivity contribution in [2.45, 2.75) is 44.4 Å². The molecule has 1 saturated heterocycles. The molecule has 128 valence electrons. The Morgan fingerprint density at radius 3 is 2.74 bits per heavy atom. The van der Waals surface area contributed by atoms with Crippen LogP contribution < -0.4 is 5.32 Å². The van der Waals surface area contributed by atoms with Crippen LogP contribution in [0.3, 0.4) is 0 Å². The maximum atomic E-state index is 13.3. The molecule has 1 amide bonds. The first-order chi connectivity index (χ1) is 10.7. The summed E-state index contributed by atoms with van der Waals surface area (Å²) >= 11 is 0. The standard InChI is InChI=1S/C19H28N2O.ClH/c1-15-6-5-7-17(12-15)19(9-3-4-10-19)18(22)21-11-8-16(14-21)13-20-2;/h5-7,12,16,20H,3-4,8-11,13-14H2,1-2H3;1H. The Morgan fingerprint density at radius 1 is 1.35 bits per heavy atom. The van der Waals surface area contributed by atoms with Gasteiger partial charge in [-0.2, -0.15) is 0 Å². The lowest BCUT2D eigenvalue weighted by atomic mass is 9.77. The predicted molar refractivity (Wildman–Crippen MR) is 97.2 cm³/mol. The van der Waals surface area contributed by atoms with E-state index in [2.05, 4.69) is 41.4 Å². The summed E-state index contributed by atoms with van der Waals surface area (Å²) in [6.07, 6.45) is 5.52. The third-order valence-corrected chi connectivity index (χ3v) is 5.50. The molecule has 23 heavy (non-hydrogen) atoms. The highest BCUT2D eigenvalue weighted by Gasteiger charge is 2.46. The molecule has 1 aliphatic heterocycles. The summed E-state index contributed by atoms with van der Waals surface area (Å²) < 4.78 is 0. The van der Waals surface area contributed by atoms with Crippen molar-refractivity contribution < 1.29 is 4.79 Å². The van der Waals surface area contributed by atoms with Crippen molar-refractivity contribution in [3.8, 4) is 0 Å². The van der Waals surface area contributed by atoms with E-state index in [1.165, 1.54) is 24.0 Å². The van der Waals surface area contributed by atoms with Crippen molar-refractivity contribution in [2.24, 2.45) is 5.92 Å². The average Bonchev–Trinajstić information content (AvgIpc) is 3.17. The number of benzene rings is 1. The number of hydrogen-bond acceptors (Lipinski definition) is 2. The number of carbonyl (C=O) groups is 1. The fraction of sp³-hybridized carbons (Fsp3) is 0.632. The summed E-state index contributed by atoms with van der Waals surface area (Å²) in [6.45, 7) is 4.99. The van der Waals surface area contributed by atoms with Crippen LogP contribution in [0.2, 0.25) is 0 Å². The summed E-state index contributed by atoms with van der Waals surface area (Å²) in [6, 6.07) is 8.61. The first-order valence-electron chi connectivity index (χ1n) is 8.67. The van der Waals surface area contributed by atoms with E-state index in [-0.39, 0.29) is 17.8 Å². The molecule has 3 rings (SSSR count). The SMILES string of the molecule is CNCC1CCN(C(=O)C2(c3cccc(C)c3)CCCC2)C1.Cl. The van der Waals surface area contributed by atoms with Crippen molar-refractivity contribution in [2.75, 3.05) is 26.7 Å². The number of aryl methyl sites for hydroxylation is 1. The van der Waals surface area contributed by atoms with Crippen LogP contribution >= 0.6 is 12.4 Å². The van der Waals surface area contributed by atoms with Crippen LogP contribution in [0.15, 0.2) is 24.3 Å². The minimum atomic E-state index is -0.249. The lowest BCUT2D eigenvalue weighted by molar-refractivity contribution is -0.136. The van der Waals surface area contributed by atoms with Crippen molar-refractivity contribution >= 4 is 18.3 Å². The molecule has 4 heteroatoms. The molecule has 3 nitrogen and oxygen atoms in total. The molecule has 0 aromatic heterocycles. The molecular formula is C19H29ClN2O. The summed E-state index contributed by atoms with van der Waals surface area (Å²) in [4.78, 5) is 15.5. The van der Waals surface area contributed by atoms with E-state index >= 15 is 0 Å². The molecule has 1 N–H and O–H groups in total. The van der Waals surface area contributed by atoms with Crippen LogP contribution in [-0.2, 0) is 10.2 Å². The molecule has 2 aliphatic rings. The normalized spacial score (nSPS) is 22.9. The fourth-order valence-electron chi connectivity index (χ4n) is 4.32. The zero-order valence-electron chi connectivity index (χ0n) is 14.3. The van der Waals surface area contributed by atoms with E-state index in [0.29, 0.717) is 11.8 Å². The largest absolute Gasteiger partial charge is 0.342 e. The summed E-state index contributed by atoms with van der Waals surface area (Å²) in [7, 11) is 2.00. The summed E-state index contributed by atoms with van der Waals surface area (Å²) in [5.41, 5.74) is 2.25. The Morgan fingerprint density at radius 2 is 2.09 bits per heavy atom. The Balaban J connectivity index is 0.00000192. The lowest BCUT2D eigenvalue weighted by Crippen LogP contribution is -2.44. The zero-order valence-corrected chi connectivity index (χ0v) is 15.1. The molecule has 1 saturated carbocycles. The molecule has 0 spiro atoms. The molecule has 1 unspecified atom stereocenters. The lowest BCUT2D eigenvalue weighted by Gasteiger charge is -2.33. The highest BCUT2D eigenvalue weighted by atomic mass is 35.5. The molecule has 0 radical (unpaired) electrons. The van der Waals surface area contributed by atoms with Gasteiger partial charge in [0.15, 0.2) is 0 Å². The van der Waals surface area contributed by atoms with E-state index in [0.717, 1.165) is 38.9 Å². The molecule has 1 aromatic rings. The topological polar surface area (TPSA) is 32.3 Å². The second-order valence-corrected chi connectivity index (χ2v) is 7.12. The molecule has 1 aromatic carbocycles. The van der Waals surface area contributed by atoms with E-state index in [4.69, 9.17) is 0 Å². The van der Waals surface area contributed by atoms with Crippen LogP contribution in [0.1, 0.15) is 43.2 Å². The van der Waals surface area contributed by atoms with Crippen LogP contribution in [0.25, 0.3) is 0 Å². The molecule has 2 fully saturated rings. The van der Waals surface area contributed by atoms with Gasteiger partial charge in [0.25, 0.3) is 0 Å². The van der Waals surface area contributed by atoms with Gasteiger partial charge in [-0.3, -0.25) is 4.79 Å². The van der Waals surface area contributed by atoms with Crippen molar-refractivity contribution in [3.05, 3.63) is 35.4 Å². The van der Waals surface area contributed by atoms with Gasteiger partial charge in [-0.25, -0.2) is 0 Å². The number of hydrogen-bond donors (Lipinski definition) is 1. The van der Waals surface area contributed by atoms with Gasteiger partial charge in [0.05, 0.1) is 5.41 Å². The maximum Gasteiger partial charge on any atom is 0.233 e. The fourth-order valence-corrected chi connectivity index (χ4v) is 4.32. The minimum Gasteiger partial charge on any atom is -0.342 e. The Kier molecular flexibility index (Phi) is 6.10. The number of amides is 1. The summed E-state index contributed by atoms with van der Waals surface area (Å²) in [5.74, 6) is 0.999. The van der Waals surface area contributed by atoms with Gasteiger partial charge >= 0.3 is 0 Å². The molecule has 1 heterocycles. The smallest absolute Gasteiger partial charge is 0.233 e. The molecular weight excluding hydrogens is 308 g/mol.